The van der Waals surface area contributed by atoms with Gasteiger partial charge in [-0.2, -0.15) is 0 Å². The van der Waals surface area contributed by atoms with Crippen LogP contribution in [-0.2, 0) is 9.59 Å². The molecule has 2 N–H and O–H groups in total. The van der Waals surface area contributed by atoms with Gasteiger partial charge in [0, 0.05) is 16.4 Å². The summed E-state index contributed by atoms with van der Waals surface area (Å²) < 4.78 is 0. The fraction of sp³-hybridized carbons (Fsp3) is 0.222. The van der Waals surface area contributed by atoms with Crippen LogP contribution in [0, 0.1) is 20.8 Å². The van der Waals surface area contributed by atoms with Gasteiger partial charge in [-0.25, -0.2) is 0 Å². The number of nitrogens with one attached hydrogen (secondary N) is 2. The van der Waals surface area contributed by atoms with E-state index in [0.29, 0.717) is 16.4 Å². The SMILES string of the molecule is Cc1ccc(NC(=O)CC(=O)Nc2ccc(Cl)cc2C)cc1C. The van der Waals surface area contributed by atoms with Crippen LogP contribution in [0.3, 0.4) is 0 Å². The molecule has 0 heterocycles. The van der Waals surface area contributed by atoms with E-state index < -0.39 is 0 Å². The van der Waals surface area contributed by atoms with Crippen molar-refractivity contribution < 1.29 is 9.59 Å². The van der Waals surface area contributed by atoms with Gasteiger partial charge >= 0.3 is 0 Å². The quantitative estimate of drug-likeness (QED) is 0.824. The Morgan fingerprint density at radius 1 is 0.870 bits per heavy atom. The number of hydrogen-bond donors (Lipinski definition) is 2. The molecular weight excluding hydrogens is 312 g/mol. The molecule has 0 atom stereocenters. The monoisotopic (exact) mass is 330 g/mol. The van der Waals surface area contributed by atoms with Crippen LogP contribution in [-0.4, -0.2) is 11.8 Å². The van der Waals surface area contributed by atoms with Crippen molar-refractivity contribution in [2.45, 2.75) is 27.2 Å². The third-order valence-electron chi connectivity index (χ3n) is 3.57. The molecule has 0 aromatic heterocycles. The molecule has 0 unspecified atom stereocenters. The maximum Gasteiger partial charge on any atom is 0.233 e. The van der Waals surface area contributed by atoms with Crippen LogP contribution in [0.5, 0.6) is 0 Å². The number of halogens is 1. The molecule has 23 heavy (non-hydrogen) atoms. The fourth-order valence-electron chi connectivity index (χ4n) is 2.13. The first-order valence-corrected chi connectivity index (χ1v) is 7.66. The average Bonchev–Trinajstić information content (AvgIpc) is 2.46. The molecule has 4 nitrogen and oxygen atoms in total. The number of rotatable bonds is 4. The zero-order valence-corrected chi connectivity index (χ0v) is 14.1. The Morgan fingerprint density at radius 3 is 2.22 bits per heavy atom. The number of aryl methyl sites for hydroxylation is 3. The van der Waals surface area contributed by atoms with Crippen LogP contribution >= 0.6 is 11.6 Å². The Morgan fingerprint density at radius 2 is 1.57 bits per heavy atom. The third-order valence-corrected chi connectivity index (χ3v) is 3.81. The van der Waals surface area contributed by atoms with Crippen molar-refractivity contribution >= 4 is 34.8 Å². The van der Waals surface area contributed by atoms with Crippen LogP contribution < -0.4 is 10.6 Å². The summed E-state index contributed by atoms with van der Waals surface area (Å²) in [5, 5.41) is 6.05. The van der Waals surface area contributed by atoms with E-state index in [-0.39, 0.29) is 18.2 Å². The van der Waals surface area contributed by atoms with Gasteiger partial charge in [0.2, 0.25) is 11.8 Å². The lowest BCUT2D eigenvalue weighted by Crippen LogP contribution is -2.21. The zero-order chi connectivity index (χ0) is 17.0. The van der Waals surface area contributed by atoms with Crippen molar-refractivity contribution in [1.82, 2.24) is 0 Å². The normalized spacial score (nSPS) is 10.3. The number of amides is 2. The number of carbonyl (C=O) groups excluding carboxylic acids is 2. The Labute approximate surface area is 140 Å². The van der Waals surface area contributed by atoms with Crippen molar-refractivity contribution in [2.24, 2.45) is 0 Å². The number of carbonyl (C=O) groups is 2. The molecule has 2 rings (SSSR count). The maximum atomic E-state index is 12.0. The molecule has 2 aromatic rings. The molecular formula is C18H19ClN2O2. The highest BCUT2D eigenvalue weighted by molar-refractivity contribution is 6.30. The fourth-order valence-corrected chi connectivity index (χ4v) is 2.36. The number of anilines is 2. The highest BCUT2D eigenvalue weighted by atomic mass is 35.5. The first kappa shape index (κ1) is 17.0. The van der Waals surface area contributed by atoms with E-state index in [1.165, 1.54) is 0 Å². The second kappa shape index (κ2) is 7.29. The van der Waals surface area contributed by atoms with Gasteiger partial charge in [-0.15, -0.1) is 0 Å². The largest absolute Gasteiger partial charge is 0.326 e. The summed E-state index contributed by atoms with van der Waals surface area (Å²) in [7, 11) is 0. The van der Waals surface area contributed by atoms with Gasteiger partial charge in [0.05, 0.1) is 0 Å². The minimum atomic E-state index is -0.364. The van der Waals surface area contributed by atoms with Gasteiger partial charge < -0.3 is 10.6 Å². The van der Waals surface area contributed by atoms with E-state index in [2.05, 4.69) is 10.6 Å². The minimum Gasteiger partial charge on any atom is -0.326 e. The molecule has 0 fully saturated rings. The molecule has 0 aliphatic carbocycles. The summed E-state index contributed by atoms with van der Waals surface area (Å²) in [6.45, 7) is 5.82. The van der Waals surface area contributed by atoms with Crippen molar-refractivity contribution in [2.75, 3.05) is 10.6 Å². The van der Waals surface area contributed by atoms with Gasteiger partial charge in [0.1, 0.15) is 6.42 Å². The Kier molecular flexibility index (Phi) is 5.40. The van der Waals surface area contributed by atoms with Gasteiger partial charge in [-0.1, -0.05) is 17.7 Å². The molecule has 2 amide bonds. The summed E-state index contributed by atoms with van der Waals surface area (Å²) in [5.41, 5.74) is 4.43. The third kappa shape index (κ3) is 4.83. The van der Waals surface area contributed by atoms with E-state index in [1.54, 1.807) is 18.2 Å². The smallest absolute Gasteiger partial charge is 0.233 e. The van der Waals surface area contributed by atoms with Crippen molar-refractivity contribution in [1.29, 1.82) is 0 Å². The number of benzene rings is 2. The van der Waals surface area contributed by atoms with Crippen molar-refractivity contribution in [3.63, 3.8) is 0 Å². The Hall–Kier alpha value is -2.33. The van der Waals surface area contributed by atoms with E-state index >= 15 is 0 Å². The van der Waals surface area contributed by atoms with Gasteiger partial charge in [0.15, 0.2) is 0 Å². The molecule has 0 bridgehead atoms. The molecule has 0 spiro atoms. The maximum absolute atomic E-state index is 12.0. The molecule has 0 aliphatic heterocycles. The predicted molar refractivity (Wildman–Crippen MR) is 94.0 cm³/mol. The second-order valence-corrected chi connectivity index (χ2v) is 5.97. The molecule has 0 aliphatic rings. The summed E-state index contributed by atoms with van der Waals surface area (Å²) in [6, 6.07) is 10.8. The summed E-state index contributed by atoms with van der Waals surface area (Å²) in [4.78, 5) is 23.9. The lowest BCUT2D eigenvalue weighted by atomic mass is 10.1. The van der Waals surface area contributed by atoms with Crippen molar-refractivity contribution in [3.8, 4) is 0 Å². The minimum absolute atomic E-state index is 0.241. The van der Waals surface area contributed by atoms with Gasteiger partial charge in [-0.05, 0) is 67.8 Å². The Balaban J connectivity index is 1.94. The molecule has 2 aromatic carbocycles. The molecule has 5 heteroatoms. The molecule has 0 saturated heterocycles. The number of hydrogen-bond acceptors (Lipinski definition) is 2. The standard InChI is InChI=1S/C18H19ClN2O2/c1-11-4-6-15(9-12(11)2)20-17(22)10-18(23)21-16-7-5-14(19)8-13(16)3/h4-9H,10H2,1-3H3,(H,20,22)(H,21,23). The summed E-state index contributed by atoms with van der Waals surface area (Å²) >= 11 is 5.88. The van der Waals surface area contributed by atoms with Crippen LogP contribution in [0.4, 0.5) is 11.4 Å². The first-order valence-electron chi connectivity index (χ1n) is 7.28. The van der Waals surface area contributed by atoms with Crippen LogP contribution in [0.15, 0.2) is 36.4 Å². The molecule has 0 saturated carbocycles. The van der Waals surface area contributed by atoms with Crippen molar-refractivity contribution in [3.05, 3.63) is 58.1 Å². The topological polar surface area (TPSA) is 58.2 Å². The van der Waals surface area contributed by atoms with Crippen LogP contribution in [0.25, 0.3) is 0 Å². The molecule has 0 radical (unpaired) electrons. The second-order valence-electron chi connectivity index (χ2n) is 5.53. The summed E-state index contributed by atoms with van der Waals surface area (Å²) in [6.07, 6.45) is -0.241. The Bertz CT molecular complexity index is 757. The van der Waals surface area contributed by atoms with Gasteiger partial charge in [-0.3, -0.25) is 9.59 Å². The lowest BCUT2D eigenvalue weighted by molar-refractivity contribution is -0.123. The van der Waals surface area contributed by atoms with Crippen LogP contribution in [0.2, 0.25) is 5.02 Å². The van der Waals surface area contributed by atoms with E-state index in [1.807, 2.05) is 39.0 Å². The zero-order valence-electron chi connectivity index (χ0n) is 13.4. The molecule has 120 valence electrons. The highest BCUT2D eigenvalue weighted by Gasteiger charge is 2.11. The lowest BCUT2D eigenvalue weighted by Gasteiger charge is -2.10. The predicted octanol–water partition coefficient (Wildman–Crippen LogP) is 4.23. The highest BCUT2D eigenvalue weighted by Crippen LogP contribution is 2.20. The van der Waals surface area contributed by atoms with E-state index in [0.717, 1.165) is 16.7 Å². The van der Waals surface area contributed by atoms with Crippen LogP contribution in [0.1, 0.15) is 23.1 Å². The van der Waals surface area contributed by atoms with E-state index in [9.17, 15) is 9.59 Å². The van der Waals surface area contributed by atoms with Gasteiger partial charge in [0.25, 0.3) is 0 Å². The summed E-state index contributed by atoms with van der Waals surface area (Å²) in [5.74, 6) is -0.714. The van der Waals surface area contributed by atoms with E-state index in [4.69, 9.17) is 11.6 Å². The first-order chi connectivity index (χ1) is 10.8. The average molecular weight is 331 g/mol.